The van der Waals surface area contributed by atoms with E-state index in [0.717, 1.165) is 49.8 Å². The van der Waals surface area contributed by atoms with Crippen LogP contribution in [0.3, 0.4) is 0 Å². The predicted octanol–water partition coefficient (Wildman–Crippen LogP) is 9.77. The fraction of sp³-hybridized carbons (Fsp3) is 0.538. The number of benzene rings is 3. The van der Waals surface area contributed by atoms with E-state index >= 15 is 0 Å². The van der Waals surface area contributed by atoms with E-state index in [-0.39, 0.29) is 0 Å². The molecule has 4 nitrogen and oxygen atoms in total. The Balaban J connectivity index is 1.06. The van der Waals surface area contributed by atoms with E-state index < -0.39 is 0 Å². The van der Waals surface area contributed by atoms with Gasteiger partial charge in [-0.05, 0) is 108 Å². The monoisotopic (exact) mass is 584 g/mol. The zero-order chi connectivity index (χ0) is 30.2. The van der Waals surface area contributed by atoms with Gasteiger partial charge in [0.25, 0.3) is 0 Å². The van der Waals surface area contributed by atoms with Crippen LogP contribution in [0.4, 0.5) is 0 Å². The van der Waals surface area contributed by atoms with Gasteiger partial charge in [-0.1, -0.05) is 83.0 Å². The fourth-order valence-corrected chi connectivity index (χ4v) is 5.91. The van der Waals surface area contributed by atoms with Crippen molar-refractivity contribution in [2.24, 2.45) is 23.7 Å². The van der Waals surface area contributed by atoms with Gasteiger partial charge in [0, 0.05) is 0 Å². The predicted molar refractivity (Wildman–Crippen MR) is 177 cm³/mol. The summed E-state index contributed by atoms with van der Waals surface area (Å²) in [5, 5.41) is 0. The molecule has 2 aliphatic heterocycles. The van der Waals surface area contributed by atoms with E-state index in [1.165, 1.54) is 66.3 Å². The molecule has 0 aliphatic carbocycles. The number of aryl methyl sites for hydroxylation is 1. The summed E-state index contributed by atoms with van der Waals surface area (Å²) in [4.78, 5) is 0. The molecule has 0 spiro atoms. The van der Waals surface area contributed by atoms with Crippen LogP contribution in [0.2, 0.25) is 0 Å². The van der Waals surface area contributed by atoms with E-state index in [1.807, 2.05) is 0 Å². The van der Waals surface area contributed by atoms with Crippen molar-refractivity contribution in [1.82, 2.24) is 0 Å². The van der Waals surface area contributed by atoms with Crippen LogP contribution in [-0.2, 0) is 9.47 Å². The average molecular weight is 585 g/mol. The second-order valence-electron chi connectivity index (χ2n) is 13.7. The second kappa shape index (κ2) is 15.3. The molecule has 6 unspecified atom stereocenters. The summed E-state index contributed by atoms with van der Waals surface area (Å²) in [6, 6.07) is 23.9. The van der Waals surface area contributed by atoms with Crippen LogP contribution in [0, 0.1) is 30.6 Å². The summed E-state index contributed by atoms with van der Waals surface area (Å²) in [6.45, 7) is 14.9. The van der Waals surface area contributed by atoms with Gasteiger partial charge in [-0.3, -0.25) is 0 Å². The zero-order valence-corrected chi connectivity index (χ0v) is 27.0. The Morgan fingerprint density at radius 3 is 1.49 bits per heavy atom. The molecule has 3 aromatic carbocycles. The first kappa shape index (κ1) is 31.6. The van der Waals surface area contributed by atoms with Crippen molar-refractivity contribution in [3.8, 4) is 33.8 Å². The second-order valence-corrected chi connectivity index (χ2v) is 13.7. The summed E-state index contributed by atoms with van der Waals surface area (Å²) in [5.74, 6) is 4.48. The molecule has 0 N–H and O–H groups in total. The summed E-state index contributed by atoms with van der Waals surface area (Å²) >= 11 is 0. The molecule has 2 heterocycles. The van der Waals surface area contributed by atoms with Crippen LogP contribution >= 0.6 is 0 Å². The van der Waals surface area contributed by atoms with Crippen molar-refractivity contribution in [3.63, 3.8) is 0 Å². The first-order chi connectivity index (χ1) is 20.8. The molecule has 43 heavy (non-hydrogen) atoms. The lowest BCUT2D eigenvalue weighted by Crippen LogP contribution is -2.11. The van der Waals surface area contributed by atoms with Crippen LogP contribution in [0.15, 0.2) is 66.7 Å². The molecule has 3 aromatic rings. The van der Waals surface area contributed by atoms with Gasteiger partial charge in [-0.15, -0.1) is 0 Å². The minimum Gasteiger partial charge on any atom is -0.493 e. The normalized spacial score (nSPS) is 20.2. The third kappa shape index (κ3) is 10.4. The molecule has 0 bridgehead atoms. The maximum Gasteiger partial charge on any atom is 0.122 e. The standard InChI is InChI=1S/C39H52O4/c1-27(20-37-25-41-37)6-8-29(3)23-40-36-17-14-33(15-18-36)32-10-12-34(13-11-32)35-16-19-39(31(5)22-35)43-24-30(4)9-7-28(2)21-38-26-42-38/h10-19,22,27-30,37-38H,6-9,20-21,23-26H2,1-5H3. The highest BCUT2D eigenvalue weighted by atomic mass is 16.6. The number of hydrogen-bond acceptors (Lipinski definition) is 4. The lowest BCUT2D eigenvalue weighted by molar-refractivity contribution is 0.239. The molecular weight excluding hydrogens is 532 g/mol. The smallest absolute Gasteiger partial charge is 0.122 e. The van der Waals surface area contributed by atoms with Crippen LogP contribution in [0.1, 0.15) is 71.8 Å². The Kier molecular flexibility index (Phi) is 11.2. The minimum absolute atomic E-state index is 0.529. The average Bonchev–Trinajstić information content (AvgIpc) is 3.96. The highest BCUT2D eigenvalue weighted by molar-refractivity contribution is 5.71. The van der Waals surface area contributed by atoms with E-state index in [1.54, 1.807) is 0 Å². The minimum atomic E-state index is 0.529. The zero-order valence-electron chi connectivity index (χ0n) is 27.0. The highest BCUT2D eigenvalue weighted by Crippen LogP contribution is 2.31. The van der Waals surface area contributed by atoms with E-state index in [2.05, 4.69) is 101 Å². The Morgan fingerprint density at radius 2 is 1.00 bits per heavy atom. The van der Waals surface area contributed by atoms with Gasteiger partial charge in [0.2, 0.25) is 0 Å². The number of hydrogen-bond donors (Lipinski definition) is 0. The van der Waals surface area contributed by atoms with Gasteiger partial charge in [-0.2, -0.15) is 0 Å². The number of rotatable bonds is 18. The Morgan fingerprint density at radius 1 is 0.581 bits per heavy atom. The van der Waals surface area contributed by atoms with Crippen molar-refractivity contribution in [2.45, 2.75) is 85.4 Å². The molecule has 5 rings (SSSR count). The molecule has 2 saturated heterocycles. The van der Waals surface area contributed by atoms with Crippen molar-refractivity contribution in [2.75, 3.05) is 26.4 Å². The van der Waals surface area contributed by atoms with Gasteiger partial charge in [0.05, 0.1) is 38.6 Å². The third-order valence-electron chi connectivity index (χ3n) is 9.08. The van der Waals surface area contributed by atoms with Crippen LogP contribution in [0.25, 0.3) is 22.3 Å². The summed E-state index contributed by atoms with van der Waals surface area (Å²) < 4.78 is 23.1. The van der Waals surface area contributed by atoms with E-state index in [0.29, 0.717) is 24.0 Å². The van der Waals surface area contributed by atoms with Crippen molar-refractivity contribution in [3.05, 3.63) is 72.3 Å². The molecule has 2 aliphatic rings. The highest BCUT2D eigenvalue weighted by Gasteiger charge is 2.25. The molecule has 0 radical (unpaired) electrons. The largest absolute Gasteiger partial charge is 0.493 e. The third-order valence-corrected chi connectivity index (χ3v) is 9.08. The maximum atomic E-state index is 6.23. The van der Waals surface area contributed by atoms with Gasteiger partial charge in [0.1, 0.15) is 11.5 Å². The van der Waals surface area contributed by atoms with Gasteiger partial charge in [0.15, 0.2) is 0 Å². The summed E-state index contributed by atoms with van der Waals surface area (Å²) in [5.41, 5.74) is 6.02. The van der Waals surface area contributed by atoms with Crippen molar-refractivity contribution < 1.29 is 18.9 Å². The van der Waals surface area contributed by atoms with Crippen LogP contribution in [0.5, 0.6) is 11.5 Å². The van der Waals surface area contributed by atoms with Crippen LogP contribution < -0.4 is 9.47 Å². The Labute approximate surface area is 260 Å². The molecule has 6 atom stereocenters. The fourth-order valence-electron chi connectivity index (χ4n) is 5.91. The molecule has 232 valence electrons. The van der Waals surface area contributed by atoms with Gasteiger partial charge < -0.3 is 18.9 Å². The summed E-state index contributed by atoms with van der Waals surface area (Å²) in [7, 11) is 0. The Bertz CT molecular complexity index is 1260. The first-order valence-electron chi connectivity index (χ1n) is 16.6. The lowest BCUT2D eigenvalue weighted by Gasteiger charge is -2.17. The molecule has 0 saturated carbocycles. The topological polar surface area (TPSA) is 43.5 Å². The lowest BCUT2D eigenvalue weighted by atomic mass is 9.95. The summed E-state index contributed by atoms with van der Waals surface area (Å²) in [6.07, 6.45) is 8.34. The Hall–Kier alpha value is -2.82. The molecule has 0 aromatic heterocycles. The first-order valence-corrected chi connectivity index (χ1v) is 16.6. The van der Waals surface area contributed by atoms with Crippen molar-refractivity contribution >= 4 is 0 Å². The van der Waals surface area contributed by atoms with E-state index in [4.69, 9.17) is 18.9 Å². The van der Waals surface area contributed by atoms with E-state index in [9.17, 15) is 0 Å². The molecular formula is C39H52O4. The maximum absolute atomic E-state index is 6.23. The number of epoxide rings is 2. The van der Waals surface area contributed by atoms with Gasteiger partial charge >= 0.3 is 0 Å². The van der Waals surface area contributed by atoms with Crippen LogP contribution in [-0.4, -0.2) is 38.6 Å². The molecule has 0 amide bonds. The van der Waals surface area contributed by atoms with Crippen molar-refractivity contribution in [1.29, 1.82) is 0 Å². The SMILES string of the molecule is Cc1cc(-c2ccc(-c3ccc(OCC(C)CCC(C)CC4CO4)cc3)cc2)ccc1OCC(C)CCC(C)CC1CO1. The number of ether oxygens (including phenoxy) is 4. The van der Waals surface area contributed by atoms with Gasteiger partial charge in [-0.25, -0.2) is 0 Å². The molecule has 4 heteroatoms. The molecule has 2 fully saturated rings. The quantitative estimate of drug-likeness (QED) is 0.140.